The molecule has 2 aromatic rings. The number of hydrogen-bond donors (Lipinski definition) is 2. The predicted octanol–water partition coefficient (Wildman–Crippen LogP) is 2.58. The molecule has 1 heterocycles. The predicted molar refractivity (Wildman–Crippen MR) is 71.5 cm³/mol. The van der Waals surface area contributed by atoms with Crippen LogP contribution in [0.2, 0.25) is 0 Å². The molecule has 18 heavy (non-hydrogen) atoms. The Morgan fingerprint density at radius 3 is 3.11 bits per heavy atom. The van der Waals surface area contributed by atoms with Crippen LogP contribution in [0.4, 0.5) is 5.13 Å². The van der Waals surface area contributed by atoms with E-state index in [1.54, 1.807) is 0 Å². The number of anilines is 1. The Balaban J connectivity index is 2.09. The van der Waals surface area contributed by atoms with Gasteiger partial charge < -0.3 is 15.2 Å². The molecule has 0 aliphatic heterocycles. The highest BCUT2D eigenvalue weighted by Gasteiger charge is 2.05. The first-order valence-electron chi connectivity index (χ1n) is 5.68. The van der Waals surface area contributed by atoms with Crippen molar-refractivity contribution in [2.45, 2.75) is 13.3 Å². The number of benzene rings is 1. The molecule has 0 amide bonds. The third kappa shape index (κ3) is 3.10. The van der Waals surface area contributed by atoms with Crippen LogP contribution < -0.4 is 10.1 Å². The molecule has 1 aromatic carbocycles. The average Bonchev–Trinajstić information content (AvgIpc) is 2.71. The number of nitrogens with one attached hydrogen (secondary N) is 1. The van der Waals surface area contributed by atoms with E-state index in [1.807, 2.05) is 25.1 Å². The number of fused-ring (bicyclic) bond motifs is 1. The van der Waals surface area contributed by atoms with Gasteiger partial charge in [-0.05, 0) is 25.1 Å². The molecule has 2 rings (SSSR count). The highest BCUT2D eigenvalue weighted by Crippen LogP contribution is 2.29. The van der Waals surface area contributed by atoms with Gasteiger partial charge in [-0.2, -0.15) is 0 Å². The molecule has 0 fully saturated rings. The summed E-state index contributed by atoms with van der Waals surface area (Å²) in [4.78, 5) is 14.8. The molecule has 2 N–H and O–H groups in total. The Hall–Kier alpha value is -1.82. The van der Waals surface area contributed by atoms with Crippen molar-refractivity contribution < 1.29 is 14.6 Å². The normalized spacial score (nSPS) is 10.5. The fourth-order valence-electron chi connectivity index (χ4n) is 1.51. The van der Waals surface area contributed by atoms with Crippen LogP contribution >= 0.6 is 11.3 Å². The van der Waals surface area contributed by atoms with Crippen molar-refractivity contribution in [3.8, 4) is 5.75 Å². The summed E-state index contributed by atoms with van der Waals surface area (Å²) in [5.74, 6) is 0.00739. The Labute approximate surface area is 108 Å². The van der Waals surface area contributed by atoms with Gasteiger partial charge in [-0.15, -0.1) is 0 Å². The van der Waals surface area contributed by atoms with Gasteiger partial charge in [0.25, 0.3) is 0 Å². The number of nitrogens with zero attached hydrogens (tertiary/aromatic N) is 1. The summed E-state index contributed by atoms with van der Waals surface area (Å²) in [5, 5.41) is 12.3. The first kappa shape index (κ1) is 12.6. The molecule has 6 heteroatoms. The number of rotatable bonds is 6. The lowest BCUT2D eigenvalue weighted by molar-refractivity contribution is -0.136. The van der Waals surface area contributed by atoms with Gasteiger partial charge in [0.2, 0.25) is 0 Å². The summed E-state index contributed by atoms with van der Waals surface area (Å²) < 4.78 is 6.44. The van der Waals surface area contributed by atoms with Gasteiger partial charge in [-0.25, -0.2) is 4.98 Å². The Kier molecular flexibility index (Phi) is 3.99. The number of carbonyl (C=O) groups is 1. The van der Waals surface area contributed by atoms with Gasteiger partial charge in [0, 0.05) is 6.54 Å². The summed E-state index contributed by atoms with van der Waals surface area (Å²) in [7, 11) is 0. The summed E-state index contributed by atoms with van der Waals surface area (Å²) >= 11 is 1.49. The molecule has 0 unspecified atom stereocenters. The molecular formula is C12H14N2O3S. The lowest BCUT2D eigenvalue weighted by Crippen LogP contribution is -2.06. The maximum atomic E-state index is 10.4. The molecule has 0 saturated heterocycles. The van der Waals surface area contributed by atoms with E-state index < -0.39 is 5.97 Å². The number of aromatic nitrogens is 1. The molecular weight excluding hydrogens is 252 g/mol. The Bertz CT molecular complexity index is 553. The number of thiazole rings is 1. The molecule has 5 nitrogen and oxygen atoms in total. The van der Waals surface area contributed by atoms with Gasteiger partial charge in [0.1, 0.15) is 5.75 Å². The van der Waals surface area contributed by atoms with Crippen molar-refractivity contribution >= 4 is 32.7 Å². The van der Waals surface area contributed by atoms with Gasteiger partial charge >= 0.3 is 5.97 Å². The molecule has 0 aliphatic rings. The van der Waals surface area contributed by atoms with Crippen LogP contribution in [0, 0.1) is 0 Å². The fourth-order valence-corrected chi connectivity index (χ4v) is 2.43. The van der Waals surface area contributed by atoms with Crippen LogP contribution in [0.25, 0.3) is 10.2 Å². The summed E-state index contributed by atoms with van der Waals surface area (Å²) in [6.07, 6.45) is 0.0835. The second-order valence-electron chi connectivity index (χ2n) is 3.65. The third-order valence-corrected chi connectivity index (χ3v) is 3.26. The second-order valence-corrected chi connectivity index (χ2v) is 4.68. The first-order valence-corrected chi connectivity index (χ1v) is 6.49. The van der Waals surface area contributed by atoms with Crippen LogP contribution in [0.5, 0.6) is 5.75 Å². The number of ether oxygens (including phenoxy) is 1. The summed E-state index contributed by atoms with van der Waals surface area (Å²) in [6, 6.07) is 5.73. The van der Waals surface area contributed by atoms with E-state index in [2.05, 4.69) is 10.3 Å². The van der Waals surface area contributed by atoms with Crippen molar-refractivity contribution in [2.75, 3.05) is 18.5 Å². The lowest BCUT2D eigenvalue weighted by Gasteiger charge is -2.00. The van der Waals surface area contributed by atoms with Gasteiger partial charge in [-0.3, -0.25) is 4.79 Å². The van der Waals surface area contributed by atoms with Crippen LogP contribution in [0.3, 0.4) is 0 Å². The van der Waals surface area contributed by atoms with Crippen LogP contribution in [0.15, 0.2) is 18.2 Å². The quantitative estimate of drug-likeness (QED) is 0.840. The molecule has 0 aliphatic carbocycles. The largest absolute Gasteiger partial charge is 0.494 e. The standard InChI is InChI=1S/C12H14N2O3S/c1-2-17-8-3-4-9-10(7-8)18-12(14-9)13-6-5-11(15)16/h3-4,7H,2,5-6H2,1H3,(H,13,14)(H,15,16). The minimum atomic E-state index is -0.817. The maximum absolute atomic E-state index is 10.4. The number of carboxylic acids is 1. The van der Waals surface area contributed by atoms with Crippen molar-refractivity contribution in [3.05, 3.63) is 18.2 Å². The summed E-state index contributed by atoms with van der Waals surface area (Å²) in [5.41, 5.74) is 0.890. The first-order chi connectivity index (χ1) is 8.69. The van der Waals surface area contributed by atoms with Gasteiger partial charge in [0.05, 0.1) is 23.2 Å². The zero-order valence-electron chi connectivity index (χ0n) is 9.97. The monoisotopic (exact) mass is 266 g/mol. The molecule has 0 atom stereocenters. The van der Waals surface area contributed by atoms with E-state index in [-0.39, 0.29) is 6.42 Å². The lowest BCUT2D eigenvalue weighted by atomic mass is 10.3. The smallest absolute Gasteiger partial charge is 0.305 e. The highest BCUT2D eigenvalue weighted by atomic mass is 32.1. The molecule has 96 valence electrons. The second kappa shape index (κ2) is 5.68. The minimum Gasteiger partial charge on any atom is -0.494 e. The zero-order chi connectivity index (χ0) is 13.0. The van der Waals surface area contributed by atoms with Crippen molar-refractivity contribution in [3.63, 3.8) is 0 Å². The van der Waals surface area contributed by atoms with E-state index in [0.29, 0.717) is 13.2 Å². The van der Waals surface area contributed by atoms with Gasteiger partial charge in [-0.1, -0.05) is 11.3 Å². The van der Waals surface area contributed by atoms with E-state index >= 15 is 0 Å². The van der Waals surface area contributed by atoms with E-state index in [1.165, 1.54) is 11.3 Å². The van der Waals surface area contributed by atoms with E-state index in [4.69, 9.17) is 9.84 Å². The van der Waals surface area contributed by atoms with Crippen LogP contribution in [-0.2, 0) is 4.79 Å². The van der Waals surface area contributed by atoms with Crippen molar-refractivity contribution in [2.24, 2.45) is 0 Å². The maximum Gasteiger partial charge on any atom is 0.305 e. The topological polar surface area (TPSA) is 71.5 Å². The third-order valence-electron chi connectivity index (χ3n) is 2.29. The fraction of sp³-hybridized carbons (Fsp3) is 0.333. The van der Waals surface area contributed by atoms with Crippen LogP contribution in [-0.4, -0.2) is 29.2 Å². The molecule has 0 radical (unpaired) electrons. The Morgan fingerprint density at radius 1 is 1.56 bits per heavy atom. The van der Waals surface area contributed by atoms with Crippen LogP contribution in [0.1, 0.15) is 13.3 Å². The zero-order valence-corrected chi connectivity index (χ0v) is 10.8. The van der Waals surface area contributed by atoms with Crippen molar-refractivity contribution in [1.29, 1.82) is 0 Å². The minimum absolute atomic E-state index is 0.0835. The molecule has 0 saturated carbocycles. The number of aliphatic carboxylic acids is 1. The molecule has 0 bridgehead atoms. The summed E-state index contributed by atoms with van der Waals surface area (Å²) in [6.45, 7) is 2.96. The van der Waals surface area contributed by atoms with E-state index in [9.17, 15) is 4.79 Å². The average molecular weight is 266 g/mol. The highest BCUT2D eigenvalue weighted by molar-refractivity contribution is 7.22. The number of carboxylic acid groups (broad SMARTS) is 1. The molecule has 0 spiro atoms. The molecule has 1 aromatic heterocycles. The SMILES string of the molecule is CCOc1ccc2nc(NCCC(=O)O)sc2c1. The van der Waals surface area contributed by atoms with Gasteiger partial charge in [0.15, 0.2) is 5.13 Å². The van der Waals surface area contributed by atoms with Crippen molar-refractivity contribution in [1.82, 2.24) is 4.98 Å². The number of hydrogen-bond acceptors (Lipinski definition) is 5. The Morgan fingerprint density at radius 2 is 2.39 bits per heavy atom. The van der Waals surface area contributed by atoms with E-state index in [0.717, 1.165) is 21.1 Å².